The van der Waals surface area contributed by atoms with Crippen molar-refractivity contribution in [3.05, 3.63) is 35.8 Å². The Hall–Kier alpha value is -2.37. The summed E-state index contributed by atoms with van der Waals surface area (Å²) in [5.41, 5.74) is 1.10. The summed E-state index contributed by atoms with van der Waals surface area (Å²) in [6.45, 7) is 3.64. The minimum atomic E-state index is -0.729. The summed E-state index contributed by atoms with van der Waals surface area (Å²) in [4.78, 5) is 24.2. The van der Waals surface area contributed by atoms with Gasteiger partial charge in [-0.25, -0.2) is 9.18 Å². The maximum Gasteiger partial charge on any atom is 0.328 e. The van der Waals surface area contributed by atoms with Crippen molar-refractivity contribution in [3.63, 3.8) is 0 Å². The van der Waals surface area contributed by atoms with Crippen LogP contribution in [0.1, 0.15) is 24.3 Å². The number of carbonyl (C=O) groups is 2. The van der Waals surface area contributed by atoms with Crippen LogP contribution in [0.5, 0.6) is 0 Å². The Labute approximate surface area is 128 Å². The van der Waals surface area contributed by atoms with Gasteiger partial charge in [-0.05, 0) is 30.2 Å². The third-order valence-corrected chi connectivity index (χ3v) is 3.65. The first-order valence-electron chi connectivity index (χ1n) is 6.98. The van der Waals surface area contributed by atoms with E-state index in [2.05, 4.69) is 5.32 Å². The second-order valence-corrected chi connectivity index (χ2v) is 5.51. The molecule has 1 heterocycles. The van der Waals surface area contributed by atoms with Crippen molar-refractivity contribution in [3.8, 4) is 0 Å². The first-order chi connectivity index (χ1) is 10.3. The SMILES string of the molecule is COC(=O)[C@H](NC(=O)c1cc2cc(F)ccc2n1C)C(C)C. The molecule has 0 saturated heterocycles. The van der Waals surface area contributed by atoms with E-state index in [0.717, 1.165) is 5.52 Å². The Balaban J connectivity index is 2.33. The van der Waals surface area contributed by atoms with Gasteiger partial charge in [-0.1, -0.05) is 13.8 Å². The topological polar surface area (TPSA) is 60.3 Å². The molecule has 0 unspecified atom stereocenters. The van der Waals surface area contributed by atoms with Gasteiger partial charge < -0.3 is 14.6 Å². The lowest BCUT2D eigenvalue weighted by Gasteiger charge is -2.19. The summed E-state index contributed by atoms with van der Waals surface area (Å²) in [5, 5.41) is 3.30. The van der Waals surface area contributed by atoms with E-state index in [1.165, 1.54) is 19.2 Å². The Kier molecular flexibility index (Phi) is 4.49. The molecule has 1 amide bonds. The van der Waals surface area contributed by atoms with Crippen LogP contribution >= 0.6 is 0 Å². The molecule has 22 heavy (non-hydrogen) atoms. The maximum absolute atomic E-state index is 13.3. The van der Waals surface area contributed by atoms with Crippen LogP contribution < -0.4 is 5.32 Å². The molecule has 2 aromatic rings. The van der Waals surface area contributed by atoms with Gasteiger partial charge in [0.25, 0.3) is 5.91 Å². The monoisotopic (exact) mass is 306 g/mol. The fourth-order valence-corrected chi connectivity index (χ4v) is 2.38. The van der Waals surface area contributed by atoms with Gasteiger partial charge in [0, 0.05) is 18.0 Å². The largest absolute Gasteiger partial charge is 0.467 e. The highest BCUT2D eigenvalue weighted by molar-refractivity contribution is 6.00. The zero-order valence-corrected chi connectivity index (χ0v) is 13.0. The lowest BCUT2D eigenvalue weighted by Crippen LogP contribution is -2.45. The molecule has 1 atom stereocenters. The molecule has 0 fully saturated rings. The third-order valence-electron chi connectivity index (χ3n) is 3.65. The van der Waals surface area contributed by atoms with Crippen molar-refractivity contribution in [2.24, 2.45) is 13.0 Å². The van der Waals surface area contributed by atoms with Gasteiger partial charge in [-0.3, -0.25) is 4.79 Å². The number of hydrogen-bond donors (Lipinski definition) is 1. The number of carbonyl (C=O) groups excluding carboxylic acids is 2. The Morgan fingerprint density at radius 2 is 1.95 bits per heavy atom. The number of rotatable bonds is 4. The van der Waals surface area contributed by atoms with Crippen LogP contribution in [0, 0.1) is 11.7 Å². The number of esters is 1. The van der Waals surface area contributed by atoms with Crippen LogP contribution in [0.2, 0.25) is 0 Å². The number of methoxy groups -OCH3 is 1. The van der Waals surface area contributed by atoms with Crippen molar-refractivity contribution in [1.82, 2.24) is 9.88 Å². The molecular weight excluding hydrogens is 287 g/mol. The van der Waals surface area contributed by atoms with Gasteiger partial charge in [0.1, 0.15) is 17.6 Å². The van der Waals surface area contributed by atoms with E-state index >= 15 is 0 Å². The van der Waals surface area contributed by atoms with Gasteiger partial charge in [0.2, 0.25) is 0 Å². The summed E-state index contributed by atoms with van der Waals surface area (Å²) in [7, 11) is 3.00. The summed E-state index contributed by atoms with van der Waals surface area (Å²) >= 11 is 0. The molecule has 0 saturated carbocycles. The maximum atomic E-state index is 13.3. The van der Waals surface area contributed by atoms with Gasteiger partial charge in [0.05, 0.1) is 7.11 Å². The standard InChI is InChI=1S/C16H19FN2O3/c1-9(2)14(16(21)22-4)18-15(20)13-8-10-7-11(17)5-6-12(10)19(13)3/h5-9,14H,1-4H3,(H,18,20)/t14-/m1/s1. The molecule has 1 aromatic heterocycles. The van der Waals surface area contributed by atoms with E-state index in [9.17, 15) is 14.0 Å². The van der Waals surface area contributed by atoms with Crippen molar-refractivity contribution >= 4 is 22.8 Å². The van der Waals surface area contributed by atoms with E-state index in [0.29, 0.717) is 11.1 Å². The zero-order valence-electron chi connectivity index (χ0n) is 13.0. The molecule has 1 N–H and O–H groups in total. The molecule has 2 rings (SSSR count). The number of amides is 1. The molecule has 118 valence electrons. The number of fused-ring (bicyclic) bond motifs is 1. The molecule has 0 radical (unpaired) electrons. The summed E-state index contributed by atoms with van der Waals surface area (Å²) in [6, 6.07) is 5.19. The number of benzene rings is 1. The molecule has 6 heteroatoms. The van der Waals surface area contributed by atoms with Crippen LogP contribution in [-0.2, 0) is 16.6 Å². The Bertz CT molecular complexity index is 721. The van der Waals surface area contributed by atoms with Gasteiger partial charge in [-0.15, -0.1) is 0 Å². The average molecular weight is 306 g/mol. The number of nitrogens with zero attached hydrogens (tertiary/aromatic N) is 1. The van der Waals surface area contributed by atoms with Crippen molar-refractivity contribution in [2.75, 3.05) is 7.11 Å². The van der Waals surface area contributed by atoms with Crippen LogP contribution in [0.25, 0.3) is 10.9 Å². The van der Waals surface area contributed by atoms with E-state index in [-0.39, 0.29) is 11.7 Å². The molecule has 1 aromatic carbocycles. The normalized spacial score (nSPS) is 12.5. The summed E-state index contributed by atoms with van der Waals surface area (Å²) in [5.74, 6) is -1.36. The minimum absolute atomic E-state index is 0.108. The zero-order chi connectivity index (χ0) is 16.4. The van der Waals surface area contributed by atoms with Gasteiger partial charge >= 0.3 is 5.97 Å². The third kappa shape index (κ3) is 2.95. The van der Waals surface area contributed by atoms with Gasteiger partial charge in [-0.2, -0.15) is 0 Å². The molecule has 0 aliphatic carbocycles. The highest BCUT2D eigenvalue weighted by Gasteiger charge is 2.26. The summed E-state index contributed by atoms with van der Waals surface area (Å²) < 4.78 is 19.6. The Morgan fingerprint density at radius 3 is 2.55 bits per heavy atom. The van der Waals surface area contributed by atoms with Crippen molar-refractivity contribution < 1.29 is 18.7 Å². The lowest BCUT2D eigenvalue weighted by molar-refractivity contribution is -0.144. The molecule has 0 spiro atoms. The number of hydrogen-bond acceptors (Lipinski definition) is 3. The first-order valence-corrected chi connectivity index (χ1v) is 6.98. The molecule has 0 bridgehead atoms. The van der Waals surface area contributed by atoms with Crippen LogP contribution in [0.4, 0.5) is 4.39 Å². The highest BCUT2D eigenvalue weighted by Crippen LogP contribution is 2.20. The predicted octanol–water partition coefficient (Wildman–Crippen LogP) is 2.24. The van der Waals surface area contributed by atoms with Crippen LogP contribution in [-0.4, -0.2) is 29.6 Å². The first kappa shape index (κ1) is 16.0. The van der Waals surface area contributed by atoms with Crippen LogP contribution in [0.15, 0.2) is 24.3 Å². The lowest BCUT2D eigenvalue weighted by atomic mass is 10.0. The van der Waals surface area contributed by atoms with Gasteiger partial charge in [0.15, 0.2) is 0 Å². The minimum Gasteiger partial charge on any atom is -0.467 e. The van der Waals surface area contributed by atoms with E-state index in [1.54, 1.807) is 23.7 Å². The highest BCUT2D eigenvalue weighted by atomic mass is 19.1. The quantitative estimate of drug-likeness (QED) is 0.881. The number of nitrogens with one attached hydrogen (secondary N) is 1. The fraction of sp³-hybridized carbons (Fsp3) is 0.375. The second-order valence-electron chi connectivity index (χ2n) is 5.51. The molecule has 5 nitrogen and oxygen atoms in total. The number of ether oxygens (including phenoxy) is 1. The molecular formula is C16H19FN2O3. The van der Waals surface area contributed by atoms with Crippen molar-refractivity contribution in [2.45, 2.75) is 19.9 Å². The van der Waals surface area contributed by atoms with Crippen molar-refractivity contribution in [1.29, 1.82) is 0 Å². The molecule has 0 aliphatic heterocycles. The number of aromatic nitrogens is 1. The second kappa shape index (κ2) is 6.17. The summed E-state index contributed by atoms with van der Waals surface area (Å²) in [6.07, 6.45) is 0. The van der Waals surface area contributed by atoms with Crippen LogP contribution in [0.3, 0.4) is 0 Å². The number of aryl methyl sites for hydroxylation is 1. The molecule has 0 aliphatic rings. The van der Waals surface area contributed by atoms with E-state index in [4.69, 9.17) is 4.74 Å². The van der Waals surface area contributed by atoms with E-state index in [1.807, 2.05) is 13.8 Å². The Morgan fingerprint density at radius 1 is 1.27 bits per heavy atom. The number of halogens is 1. The predicted molar refractivity (Wildman–Crippen MR) is 81.0 cm³/mol. The average Bonchev–Trinajstić information content (AvgIpc) is 2.79. The smallest absolute Gasteiger partial charge is 0.328 e. The van der Waals surface area contributed by atoms with E-state index < -0.39 is 17.9 Å². The fourth-order valence-electron chi connectivity index (χ4n) is 2.38.